The largest absolute Gasteiger partial charge is 0.378 e. The predicted molar refractivity (Wildman–Crippen MR) is 55.8 cm³/mol. The minimum absolute atomic E-state index is 0.554. The van der Waals surface area contributed by atoms with Crippen molar-refractivity contribution >= 4 is 15.9 Å². The van der Waals surface area contributed by atoms with Crippen LogP contribution in [-0.4, -0.2) is 18.0 Å². The molecule has 2 atom stereocenters. The lowest BCUT2D eigenvalue weighted by Gasteiger charge is -2.28. The van der Waals surface area contributed by atoms with Crippen LogP contribution in [0.5, 0.6) is 0 Å². The Morgan fingerprint density at radius 1 is 1.33 bits per heavy atom. The number of alkyl halides is 1. The molecular formula is C10H19BrO. The van der Waals surface area contributed by atoms with Crippen molar-refractivity contribution in [3.05, 3.63) is 0 Å². The summed E-state index contributed by atoms with van der Waals surface area (Å²) in [4.78, 5) is 0. The van der Waals surface area contributed by atoms with E-state index in [-0.39, 0.29) is 0 Å². The number of hydrogen-bond donors (Lipinski definition) is 0. The van der Waals surface area contributed by atoms with E-state index in [0.29, 0.717) is 6.10 Å². The first-order valence-electron chi connectivity index (χ1n) is 5.02. The standard InChI is InChI=1S/C10H19BrO/c1-9-5-2-3-6-10(9)12-8-4-7-11/h9-10H,2-8H2,1H3. The highest BCUT2D eigenvalue weighted by Crippen LogP contribution is 2.26. The van der Waals surface area contributed by atoms with Crippen molar-refractivity contribution in [2.24, 2.45) is 5.92 Å². The van der Waals surface area contributed by atoms with Gasteiger partial charge in [-0.3, -0.25) is 0 Å². The van der Waals surface area contributed by atoms with E-state index in [1.807, 2.05) is 0 Å². The zero-order chi connectivity index (χ0) is 8.81. The molecule has 0 bridgehead atoms. The van der Waals surface area contributed by atoms with Crippen LogP contribution in [0.3, 0.4) is 0 Å². The molecule has 1 aliphatic carbocycles. The first-order chi connectivity index (χ1) is 5.84. The molecule has 1 aliphatic rings. The normalized spacial score (nSPS) is 30.5. The molecule has 1 rings (SSSR count). The van der Waals surface area contributed by atoms with Crippen LogP contribution < -0.4 is 0 Å². The van der Waals surface area contributed by atoms with E-state index in [0.717, 1.165) is 24.3 Å². The van der Waals surface area contributed by atoms with Crippen molar-refractivity contribution < 1.29 is 4.74 Å². The van der Waals surface area contributed by atoms with Gasteiger partial charge in [0, 0.05) is 11.9 Å². The lowest BCUT2D eigenvalue weighted by molar-refractivity contribution is -0.00408. The maximum absolute atomic E-state index is 5.81. The molecule has 0 amide bonds. The van der Waals surface area contributed by atoms with Crippen molar-refractivity contribution in [1.82, 2.24) is 0 Å². The fraction of sp³-hybridized carbons (Fsp3) is 1.00. The molecule has 0 aromatic heterocycles. The van der Waals surface area contributed by atoms with Crippen LogP contribution in [0.1, 0.15) is 39.0 Å². The molecular weight excluding hydrogens is 216 g/mol. The highest BCUT2D eigenvalue weighted by Gasteiger charge is 2.21. The Balaban J connectivity index is 2.11. The summed E-state index contributed by atoms with van der Waals surface area (Å²) < 4.78 is 5.81. The summed E-state index contributed by atoms with van der Waals surface area (Å²) in [7, 11) is 0. The van der Waals surface area contributed by atoms with Crippen molar-refractivity contribution in [3.8, 4) is 0 Å². The summed E-state index contributed by atoms with van der Waals surface area (Å²) in [5.74, 6) is 0.786. The van der Waals surface area contributed by atoms with Gasteiger partial charge in [-0.25, -0.2) is 0 Å². The van der Waals surface area contributed by atoms with Gasteiger partial charge in [-0.2, -0.15) is 0 Å². The van der Waals surface area contributed by atoms with Gasteiger partial charge in [0.15, 0.2) is 0 Å². The molecule has 2 heteroatoms. The van der Waals surface area contributed by atoms with Gasteiger partial charge < -0.3 is 4.74 Å². The van der Waals surface area contributed by atoms with Crippen molar-refractivity contribution in [3.63, 3.8) is 0 Å². The van der Waals surface area contributed by atoms with E-state index in [1.54, 1.807) is 0 Å². The third kappa shape index (κ3) is 3.44. The molecule has 0 radical (unpaired) electrons. The SMILES string of the molecule is CC1CCCCC1OCCCBr. The van der Waals surface area contributed by atoms with Crippen LogP contribution in [-0.2, 0) is 4.74 Å². The van der Waals surface area contributed by atoms with Crippen LogP contribution in [0.2, 0.25) is 0 Å². The Labute approximate surface area is 84.0 Å². The Morgan fingerprint density at radius 2 is 2.08 bits per heavy atom. The fourth-order valence-electron chi connectivity index (χ4n) is 1.82. The molecule has 0 spiro atoms. The minimum Gasteiger partial charge on any atom is -0.378 e. The summed E-state index contributed by atoms with van der Waals surface area (Å²) >= 11 is 3.41. The zero-order valence-electron chi connectivity index (χ0n) is 7.89. The summed E-state index contributed by atoms with van der Waals surface area (Å²) in [6.07, 6.45) is 7.10. The lowest BCUT2D eigenvalue weighted by atomic mass is 9.88. The maximum Gasteiger partial charge on any atom is 0.0600 e. The van der Waals surface area contributed by atoms with Gasteiger partial charge in [0.2, 0.25) is 0 Å². The van der Waals surface area contributed by atoms with Crippen molar-refractivity contribution in [2.45, 2.75) is 45.1 Å². The van der Waals surface area contributed by atoms with E-state index in [2.05, 4.69) is 22.9 Å². The minimum atomic E-state index is 0.554. The second-order valence-corrected chi connectivity index (χ2v) is 4.51. The van der Waals surface area contributed by atoms with Gasteiger partial charge >= 0.3 is 0 Å². The summed E-state index contributed by atoms with van der Waals surface area (Å²) in [5, 5.41) is 1.06. The number of ether oxygens (including phenoxy) is 1. The average molecular weight is 235 g/mol. The molecule has 0 saturated heterocycles. The molecule has 2 unspecified atom stereocenters. The molecule has 1 saturated carbocycles. The van der Waals surface area contributed by atoms with Crippen molar-refractivity contribution in [2.75, 3.05) is 11.9 Å². The van der Waals surface area contributed by atoms with E-state index in [9.17, 15) is 0 Å². The van der Waals surface area contributed by atoms with Gasteiger partial charge in [-0.1, -0.05) is 35.7 Å². The summed E-state index contributed by atoms with van der Waals surface area (Å²) in [5.41, 5.74) is 0. The van der Waals surface area contributed by atoms with Gasteiger partial charge in [-0.05, 0) is 25.2 Å². The van der Waals surface area contributed by atoms with E-state index >= 15 is 0 Å². The Morgan fingerprint density at radius 3 is 2.75 bits per heavy atom. The second-order valence-electron chi connectivity index (χ2n) is 3.71. The molecule has 0 aromatic carbocycles. The van der Waals surface area contributed by atoms with Crippen LogP contribution in [0, 0.1) is 5.92 Å². The Hall–Kier alpha value is 0.440. The molecule has 1 fully saturated rings. The van der Waals surface area contributed by atoms with Gasteiger partial charge in [0.25, 0.3) is 0 Å². The third-order valence-electron chi connectivity index (χ3n) is 2.64. The molecule has 0 aliphatic heterocycles. The van der Waals surface area contributed by atoms with E-state index in [4.69, 9.17) is 4.74 Å². The quantitative estimate of drug-likeness (QED) is 0.536. The van der Waals surface area contributed by atoms with Crippen LogP contribution in [0.4, 0.5) is 0 Å². The zero-order valence-corrected chi connectivity index (χ0v) is 9.48. The Kier molecular flexibility index (Phi) is 5.24. The van der Waals surface area contributed by atoms with Gasteiger partial charge in [-0.15, -0.1) is 0 Å². The van der Waals surface area contributed by atoms with Gasteiger partial charge in [0.05, 0.1) is 6.10 Å². The first-order valence-corrected chi connectivity index (χ1v) is 6.14. The number of hydrogen-bond acceptors (Lipinski definition) is 1. The molecule has 0 aromatic rings. The average Bonchev–Trinajstić information content (AvgIpc) is 2.09. The van der Waals surface area contributed by atoms with E-state index < -0.39 is 0 Å². The smallest absolute Gasteiger partial charge is 0.0600 e. The van der Waals surface area contributed by atoms with Crippen LogP contribution >= 0.6 is 15.9 Å². The molecule has 1 nitrogen and oxygen atoms in total. The maximum atomic E-state index is 5.81. The van der Waals surface area contributed by atoms with Crippen LogP contribution in [0.15, 0.2) is 0 Å². The van der Waals surface area contributed by atoms with Gasteiger partial charge in [0.1, 0.15) is 0 Å². The summed E-state index contributed by atoms with van der Waals surface area (Å²) in [6.45, 7) is 3.25. The summed E-state index contributed by atoms with van der Waals surface area (Å²) in [6, 6.07) is 0. The lowest BCUT2D eigenvalue weighted by Crippen LogP contribution is -2.25. The second kappa shape index (κ2) is 5.98. The third-order valence-corrected chi connectivity index (χ3v) is 3.20. The molecule has 0 heterocycles. The highest BCUT2D eigenvalue weighted by atomic mass is 79.9. The molecule has 72 valence electrons. The topological polar surface area (TPSA) is 9.23 Å². The molecule has 0 N–H and O–H groups in total. The Bertz CT molecular complexity index is 116. The number of rotatable bonds is 4. The monoisotopic (exact) mass is 234 g/mol. The van der Waals surface area contributed by atoms with E-state index in [1.165, 1.54) is 25.7 Å². The first kappa shape index (κ1) is 10.5. The highest BCUT2D eigenvalue weighted by molar-refractivity contribution is 9.09. The number of halogens is 1. The predicted octanol–water partition coefficient (Wildman–Crippen LogP) is 3.37. The van der Waals surface area contributed by atoms with Crippen LogP contribution in [0.25, 0.3) is 0 Å². The fourth-order valence-corrected chi connectivity index (χ4v) is 2.05. The molecule has 12 heavy (non-hydrogen) atoms. The van der Waals surface area contributed by atoms with Crippen molar-refractivity contribution in [1.29, 1.82) is 0 Å².